The average Bonchev–Trinajstić information content (AvgIpc) is 3.24. The van der Waals surface area contributed by atoms with E-state index in [9.17, 15) is 14.4 Å². The number of nitrogens with zero attached hydrogens (tertiary/aromatic N) is 4. The van der Waals surface area contributed by atoms with Gasteiger partial charge in [-0.1, -0.05) is 27.7 Å². The summed E-state index contributed by atoms with van der Waals surface area (Å²) in [6.07, 6.45) is 0.787. The third-order valence-corrected chi connectivity index (χ3v) is 6.82. The molecule has 3 rings (SSSR count). The predicted octanol–water partition coefficient (Wildman–Crippen LogP) is 1.54. The lowest BCUT2D eigenvalue weighted by molar-refractivity contribution is -0.146. The molecule has 3 aliphatic rings. The van der Waals surface area contributed by atoms with Crippen molar-refractivity contribution in [2.24, 2.45) is 11.8 Å². The molecule has 152 valence electrons. The summed E-state index contributed by atoms with van der Waals surface area (Å²) in [5.74, 6) is 1.79. The zero-order valence-corrected chi connectivity index (χ0v) is 17.7. The molecule has 0 aromatic heterocycles. The molecule has 0 saturated carbocycles. The molecule has 3 saturated heterocycles. The van der Waals surface area contributed by atoms with E-state index in [-0.39, 0.29) is 35.8 Å². The third kappa shape index (κ3) is 4.05. The van der Waals surface area contributed by atoms with Crippen LogP contribution in [0.1, 0.15) is 34.1 Å². The summed E-state index contributed by atoms with van der Waals surface area (Å²) in [7, 11) is 0. The Labute approximate surface area is 166 Å². The molecule has 0 aromatic carbocycles. The van der Waals surface area contributed by atoms with Crippen LogP contribution < -0.4 is 0 Å². The van der Waals surface area contributed by atoms with E-state index in [0.717, 1.165) is 13.0 Å². The van der Waals surface area contributed by atoms with Crippen LogP contribution in [-0.2, 0) is 9.59 Å². The van der Waals surface area contributed by atoms with Crippen molar-refractivity contribution in [2.75, 3.05) is 44.4 Å². The summed E-state index contributed by atoms with van der Waals surface area (Å²) in [4.78, 5) is 45.8. The van der Waals surface area contributed by atoms with Crippen LogP contribution in [0.5, 0.6) is 0 Å². The first-order valence-electron chi connectivity index (χ1n) is 10.1. The topological polar surface area (TPSA) is 64.2 Å². The largest absolute Gasteiger partial charge is 0.337 e. The Balaban J connectivity index is 1.63. The summed E-state index contributed by atoms with van der Waals surface area (Å²) < 4.78 is 0. The first-order valence-corrected chi connectivity index (χ1v) is 11.2. The predicted molar refractivity (Wildman–Crippen MR) is 106 cm³/mol. The van der Waals surface area contributed by atoms with Crippen LogP contribution in [0.4, 0.5) is 4.79 Å². The molecular formula is C19H32N4O3S. The van der Waals surface area contributed by atoms with Crippen molar-refractivity contribution in [1.82, 2.24) is 19.6 Å². The fraction of sp³-hybridized carbons (Fsp3) is 0.842. The third-order valence-electron chi connectivity index (χ3n) is 5.81. The lowest BCUT2D eigenvalue weighted by atomic mass is 10.1. The fourth-order valence-electron chi connectivity index (χ4n) is 4.10. The molecule has 3 fully saturated rings. The Bertz CT molecular complexity index is 600. The molecule has 4 amide bonds. The maximum atomic E-state index is 13.2. The Morgan fingerprint density at radius 3 is 2.59 bits per heavy atom. The minimum atomic E-state index is -0.355. The summed E-state index contributed by atoms with van der Waals surface area (Å²) in [5.41, 5.74) is 0. The average molecular weight is 397 g/mol. The lowest BCUT2D eigenvalue weighted by Gasteiger charge is -2.38. The fourth-order valence-corrected chi connectivity index (χ4v) is 5.26. The molecule has 8 heteroatoms. The van der Waals surface area contributed by atoms with E-state index in [2.05, 4.69) is 13.8 Å². The van der Waals surface area contributed by atoms with Crippen LogP contribution >= 0.6 is 11.8 Å². The van der Waals surface area contributed by atoms with Gasteiger partial charge in [-0.2, -0.15) is 0 Å². The molecule has 3 heterocycles. The SMILES string of the molecule is CC[C@H](C)C(=O)N1CSC[C@H]1C(=O)N1CCN2C(=O)N(CC(C)C)C[C@H]2C1. The second-order valence-corrected chi connectivity index (χ2v) is 9.35. The van der Waals surface area contributed by atoms with E-state index in [0.29, 0.717) is 43.7 Å². The molecule has 0 radical (unpaired) electrons. The van der Waals surface area contributed by atoms with Gasteiger partial charge in [0.25, 0.3) is 0 Å². The minimum absolute atomic E-state index is 0.0473. The molecule has 27 heavy (non-hydrogen) atoms. The van der Waals surface area contributed by atoms with Crippen LogP contribution in [0, 0.1) is 11.8 Å². The summed E-state index contributed by atoms with van der Waals surface area (Å²) in [5, 5.41) is 0. The Hall–Kier alpha value is -1.44. The van der Waals surface area contributed by atoms with Crippen molar-refractivity contribution in [3.8, 4) is 0 Å². The number of hydrogen-bond donors (Lipinski definition) is 0. The van der Waals surface area contributed by atoms with Crippen molar-refractivity contribution in [2.45, 2.75) is 46.2 Å². The lowest BCUT2D eigenvalue weighted by Crippen LogP contribution is -2.58. The highest BCUT2D eigenvalue weighted by atomic mass is 32.2. The minimum Gasteiger partial charge on any atom is -0.337 e. The normalized spacial score (nSPS) is 26.8. The summed E-state index contributed by atoms with van der Waals surface area (Å²) in [6, 6.07) is -0.181. The number of piperazine rings is 1. The second-order valence-electron chi connectivity index (χ2n) is 8.35. The molecule has 0 unspecified atom stereocenters. The zero-order chi connectivity index (χ0) is 19.7. The van der Waals surface area contributed by atoms with Gasteiger partial charge < -0.3 is 19.6 Å². The van der Waals surface area contributed by atoms with Crippen LogP contribution in [0.25, 0.3) is 0 Å². The van der Waals surface area contributed by atoms with E-state index in [1.165, 1.54) is 0 Å². The van der Waals surface area contributed by atoms with E-state index in [1.807, 2.05) is 28.5 Å². The first kappa shape index (κ1) is 20.3. The van der Waals surface area contributed by atoms with Gasteiger partial charge in [0.1, 0.15) is 6.04 Å². The van der Waals surface area contributed by atoms with Crippen molar-refractivity contribution < 1.29 is 14.4 Å². The quantitative estimate of drug-likeness (QED) is 0.707. The van der Waals surface area contributed by atoms with Gasteiger partial charge in [-0.05, 0) is 12.3 Å². The maximum Gasteiger partial charge on any atom is 0.320 e. The highest BCUT2D eigenvalue weighted by Crippen LogP contribution is 2.27. The van der Waals surface area contributed by atoms with Gasteiger partial charge in [-0.3, -0.25) is 9.59 Å². The van der Waals surface area contributed by atoms with Crippen molar-refractivity contribution in [3.05, 3.63) is 0 Å². The van der Waals surface area contributed by atoms with Crippen LogP contribution in [0.2, 0.25) is 0 Å². The molecule has 0 bridgehead atoms. The van der Waals surface area contributed by atoms with E-state index >= 15 is 0 Å². The molecule has 3 atom stereocenters. The monoisotopic (exact) mass is 396 g/mol. The number of urea groups is 1. The number of fused-ring (bicyclic) bond motifs is 1. The van der Waals surface area contributed by atoms with Gasteiger partial charge in [0, 0.05) is 44.4 Å². The molecule has 3 aliphatic heterocycles. The number of carbonyl (C=O) groups is 3. The number of carbonyl (C=O) groups excluding carboxylic acids is 3. The van der Waals surface area contributed by atoms with Gasteiger partial charge in [-0.15, -0.1) is 11.8 Å². The van der Waals surface area contributed by atoms with Gasteiger partial charge in [0.15, 0.2) is 0 Å². The molecule has 0 aliphatic carbocycles. The molecule has 0 aromatic rings. The Morgan fingerprint density at radius 2 is 1.93 bits per heavy atom. The van der Waals surface area contributed by atoms with E-state index in [1.54, 1.807) is 16.7 Å². The highest BCUT2D eigenvalue weighted by molar-refractivity contribution is 7.99. The van der Waals surface area contributed by atoms with Gasteiger partial charge in [0.05, 0.1) is 11.9 Å². The smallest absolute Gasteiger partial charge is 0.320 e. The Kier molecular flexibility index (Phi) is 6.23. The van der Waals surface area contributed by atoms with Crippen LogP contribution in [0.3, 0.4) is 0 Å². The molecule has 0 N–H and O–H groups in total. The number of amides is 4. The van der Waals surface area contributed by atoms with Crippen LogP contribution in [-0.4, -0.2) is 93.9 Å². The van der Waals surface area contributed by atoms with Gasteiger partial charge in [-0.25, -0.2) is 4.79 Å². The Morgan fingerprint density at radius 1 is 1.19 bits per heavy atom. The van der Waals surface area contributed by atoms with Gasteiger partial charge in [0.2, 0.25) is 11.8 Å². The summed E-state index contributed by atoms with van der Waals surface area (Å²) >= 11 is 1.65. The van der Waals surface area contributed by atoms with Crippen molar-refractivity contribution >= 4 is 29.6 Å². The van der Waals surface area contributed by atoms with E-state index in [4.69, 9.17) is 0 Å². The first-order chi connectivity index (χ1) is 12.8. The van der Waals surface area contributed by atoms with Gasteiger partial charge >= 0.3 is 6.03 Å². The van der Waals surface area contributed by atoms with Crippen molar-refractivity contribution in [1.29, 1.82) is 0 Å². The number of thioether (sulfide) groups is 1. The van der Waals surface area contributed by atoms with E-state index < -0.39 is 0 Å². The number of hydrogen-bond acceptors (Lipinski definition) is 4. The summed E-state index contributed by atoms with van der Waals surface area (Å²) in [6.45, 7) is 11.3. The number of rotatable bonds is 5. The van der Waals surface area contributed by atoms with Crippen molar-refractivity contribution in [3.63, 3.8) is 0 Å². The maximum absolute atomic E-state index is 13.2. The van der Waals surface area contributed by atoms with Crippen LogP contribution in [0.15, 0.2) is 0 Å². The zero-order valence-electron chi connectivity index (χ0n) is 16.9. The molecular weight excluding hydrogens is 364 g/mol. The molecule has 7 nitrogen and oxygen atoms in total. The standard InChI is InChI=1S/C19H32N4O3S/c1-5-14(4)17(24)23-12-27-11-16(23)18(25)20-6-7-22-15(9-20)10-21(19(22)26)8-13(2)3/h13-16H,5-12H2,1-4H3/t14-,15+,16-/m0/s1. The second kappa shape index (κ2) is 8.29. The molecule has 0 spiro atoms. The highest BCUT2D eigenvalue weighted by Gasteiger charge is 2.44.